The van der Waals surface area contributed by atoms with Crippen LogP contribution >= 0.6 is 11.6 Å². The van der Waals surface area contributed by atoms with Crippen molar-refractivity contribution >= 4 is 17.6 Å². The molecule has 0 bridgehead atoms. The van der Waals surface area contributed by atoms with Crippen molar-refractivity contribution in [1.82, 2.24) is 5.32 Å². The highest BCUT2D eigenvalue weighted by Gasteiger charge is 2.44. The number of aliphatic hydroxyl groups excluding tert-OH is 4. The molecule has 0 aliphatic carbocycles. The Morgan fingerprint density at radius 3 is 2.35 bits per heavy atom. The van der Waals surface area contributed by atoms with Crippen molar-refractivity contribution in [2.75, 3.05) is 13.2 Å². The number of halogens is 1. The zero-order valence-corrected chi connectivity index (χ0v) is 19.7. The maximum Gasteiger partial charge on any atom is 0.320 e. The molecule has 8 nitrogen and oxygen atoms in total. The molecule has 34 heavy (non-hydrogen) atoms. The second kappa shape index (κ2) is 12.1. The summed E-state index contributed by atoms with van der Waals surface area (Å²) >= 11 is 6.33. The number of aliphatic hydroxyl groups is 4. The molecule has 0 radical (unpaired) electrons. The van der Waals surface area contributed by atoms with Crippen LogP contribution < -0.4 is 5.32 Å². The van der Waals surface area contributed by atoms with E-state index in [0.717, 1.165) is 30.5 Å². The largest absolute Gasteiger partial charge is 0.480 e. The van der Waals surface area contributed by atoms with E-state index in [9.17, 15) is 25.2 Å². The summed E-state index contributed by atoms with van der Waals surface area (Å²) in [5, 5.41) is 51.4. The Bertz CT molecular complexity index is 947. The molecule has 186 valence electrons. The molecule has 0 amide bonds. The average Bonchev–Trinajstić information content (AvgIpc) is 3.37. The number of aliphatic carboxylic acids is 1. The minimum Gasteiger partial charge on any atom is -0.480 e. The van der Waals surface area contributed by atoms with Gasteiger partial charge in [0.2, 0.25) is 0 Å². The number of nitrogens with one attached hydrogen (secondary N) is 1. The van der Waals surface area contributed by atoms with Gasteiger partial charge in [0.25, 0.3) is 0 Å². The summed E-state index contributed by atoms with van der Waals surface area (Å²) in [5.41, 5.74) is 3.77. The zero-order valence-electron chi connectivity index (χ0n) is 19.0. The van der Waals surface area contributed by atoms with Gasteiger partial charge in [-0.3, -0.25) is 4.79 Å². The Morgan fingerprint density at radius 1 is 1.09 bits per heavy atom. The van der Waals surface area contributed by atoms with Crippen molar-refractivity contribution in [2.24, 2.45) is 0 Å². The van der Waals surface area contributed by atoms with Crippen LogP contribution in [0.1, 0.15) is 41.2 Å². The molecule has 2 heterocycles. The molecule has 0 aromatic heterocycles. The van der Waals surface area contributed by atoms with Gasteiger partial charge in [-0.1, -0.05) is 53.6 Å². The predicted molar refractivity (Wildman–Crippen MR) is 127 cm³/mol. The summed E-state index contributed by atoms with van der Waals surface area (Å²) < 4.78 is 5.62. The molecular weight excluding hydrogens is 462 g/mol. The van der Waals surface area contributed by atoms with Gasteiger partial charge in [0.05, 0.1) is 6.61 Å². The molecule has 2 saturated heterocycles. The van der Waals surface area contributed by atoms with Gasteiger partial charge in [0.1, 0.15) is 36.6 Å². The van der Waals surface area contributed by atoms with E-state index in [0.29, 0.717) is 17.0 Å². The molecule has 2 fully saturated rings. The van der Waals surface area contributed by atoms with Crippen LogP contribution in [0.4, 0.5) is 0 Å². The van der Waals surface area contributed by atoms with Gasteiger partial charge in [-0.15, -0.1) is 0 Å². The summed E-state index contributed by atoms with van der Waals surface area (Å²) in [5.74, 6) is -0.720. The van der Waals surface area contributed by atoms with Gasteiger partial charge >= 0.3 is 5.97 Å². The highest BCUT2D eigenvalue weighted by Crippen LogP contribution is 2.34. The number of carboxylic acid groups (broad SMARTS) is 1. The molecule has 2 aliphatic heterocycles. The van der Waals surface area contributed by atoms with Gasteiger partial charge in [0, 0.05) is 5.02 Å². The highest BCUT2D eigenvalue weighted by molar-refractivity contribution is 6.31. The fraction of sp³-hybridized carbons (Fsp3) is 0.480. The lowest BCUT2D eigenvalue weighted by Crippen LogP contribution is -2.55. The molecule has 6 N–H and O–H groups in total. The molecule has 2 aromatic carbocycles. The number of hydrogen-bond donors (Lipinski definition) is 6. The highest BCUT2D eigenvalue weighted by atomic mass is 35.5. The van der Waals surface area contributed by atoms with Crippen LogP contribution in [0.5, 0.6) is 0 Å². The Hall–Kier alpha value is -2.04. The topological polar surface area (TPSA) is 139 Å². The molecule has 6 atom stereocenters. The first-order valence-electron chi connectivity index (χ1n) is 11.3. The Kier molecular flexibility index (Phi) is 9.44. The molecule has 0 saturated carbocycles. The first-order chi connectivity index (χ1) is 16.2. The zero-order chi connectivity index (χ0) is 24.8. The number of carbonyl (C=O) groups is 1. The van der Waals surface area contributed by atoms with Gasteiger partial charge in [-0.2, -0.15) is 0 Å². The first-order valence-corrected chi connectivity index (χ1v) is 11.7. The van der Waals surface area contributed by atoms with Crippen molar-refractivity contribution in [3.63, 3.8) is 0 Å². The quantitative estimate of drug-likeness (QED) is 0.369. The second-order valence-electron chi connectivity index (χ2n) is 8.75. The SMILES string of the molecule is Cc1ccc(Cc2cc([C@@H]3O[C@H](CO)[C@@H](O)[C@H](O)[C@H]3O)ccc2Cl)cc1.O=C(O)[C@@H]1CCCN1. The third-order valence-electron chi connectivity index (χ3n) is 6.16. The first kappa shape index (κ1) is 26.6. The van der Waals surface area contributed by atoms with E-state index in [1.807, 2.05) is 37.3 Å². The van der Waals surface area contributed by atoms with E-state index in [1.54, 1.807) is 12.1 Å². The molecule has 4 rings (SSSR count). The third-order valence-corrected chi connectivity index (χ3v) is 6.53. The summed E-state index contributed by atoms with van der Waals surface area (Å²) in [7, 11) is 0. The standard InChI is InChI=1S/C20H23ClO5.C5H9NO2/c1-11-2-4-12(5-3-11)8-14-9-13(6-7-15(14)21)20-19(25)18(24)17(23)16(10-22)26-20;7-5(8)4-2-1-3-6-4/h2-7,9,16-20,22-25H,8,10H2,1H3;4,6H,1-3H2,(H,7,8)/t16-,17-,18+,19-,20+;4-/m10/s1. The minimum absolute atomic E-state index is 0.269. The molecule has 0 unspecified atom stereocenters. The van der Waals surface area contributed by atoms with Crippen molar-refractivity contribution in [2.45, 2.75) is 62.7 Å². The smallest absolute Gasteiger partial charge is 0.320 e. The molecule has 2 aliphatic rings. The van der Waals surface area contributed by atoms with E-state index in [1.165, 1.54) is 5.56 Å². The maximum absolute atomic E-state index is 10.3. The average molecular weight is 494 g/mol. The van der Waals surface area contributed by atoms with Gasteiger partial charge < -0.3 is 35.6 Å². The van der Waals surface area contributed by atoms with E-state index in [2.05, 4.69) is 5.32 Å². The number of aryl methyl sites for hydroxylation is 1. The number of benzene rings is 2. The van der Waals surface area contributed by atoms with Crippen LogP contribution in [-0.4, -0.2) is 75.1 Å². The number of rotatable bonds is 5. The summed E-state index contributed by atoms with van der Waals surface area (Å²) in [6, 6.07) is 13.1. The fourth-order valence-electron chi connectivity index (χ4n) is 4.11. The van der Waals surface area contributed by atoms with Gasteiger partial charge in [0.15, 0.2) is 0 Å². The molecular formula is C25H32ClNO7. The number of ether oxygens (including phenoxy) is 1. The lowest BCUT2D eigenvalue weighted by molar-refractivity contribution is -0.231. The van der Waals surface area contributed by atoms with Crippen molar-refractivity contribution in [3.8, 4) is 0 Å². The van der Waals surface area contributed by atoms with Crippen molar-refractivity contribution in [1.29, 1.82) is 0 Å². The van der Waals surface area contributed by atoms with Crippen molar-refractivity contribution in [3.05, 3.63) is 69.7 Å². The molecule has 0 spiro atoms. The van der Waals surface area contributed by atoms with Crippen LogP contribution in [-0.2, 0) is 16.0 Å². The van der Waals surface area contributed by atoms with E-state index >= 15 is 0 Å². The minimum atomic E-state index is -1.40. The second-order valence-corrected chi connectivity index (χ2v) is 9.16. The van der Waals surface area contributed by atoms with E-state index < -0.39 is 43.1 Å². The molecule has 2 aromatic rings. The number of hydrogen-bond acceptors (Lipinski definition) is 7. The molecule has 9 heteroatoms. The number of carboxylic acids is 1. The fourth-order valence-corrected chi connectivity index (χ4v) is 4.29. The summed E-state index contributed by atoms with van der Waals surface area (Å²) in [4.78, 5) is 10.1. The Morgan fingerprint density at radius 2 is 1.79 bits per heavy atom. The Balaban J connectivity index is 0.000000343. The van der Waals surface area contributed by atoms with Crippen LogP contribution in [0.15, 0.2) is 42.5 Å². The monoisotopic (exact) mass is 493 g/mol. The van der Waals surface area contributed by atoms with Crippen LogP contribution in [0.3, 0.4) is 0 Å². The third kappa shape index (κ3) is 6.55. The van der Waals surface area contributed by atoms with Crippen LogP contribution in [0, 0.1) is 6.92 Å². The maximum atomic E-state index is 10.3. The lowest BCUT2D eigenvalue weighted by atomic mass is 9.90. The van der Waals surface area contributed by atoms with Crippen LogP contribution in [0.25, 0.3) is 0 Å². The van der Waals surface area contributed by atoms with Crippen molar-refractivity contribution < 1.29 is 35.1 Å². The van der Waals surface area contributed by atoms with Crippen LogP contribution in [0.2, 0.25) is 5.02 Å². The van der Waals surface area contributed by atoms with Gasteiger partial charge in [-0.05, 0) is 55.5 Å². The lowest BCUT2D eigenvalue weighted by Gasteiger charge is -2.40. The summed E-state index contributed by atoms with van der Waals surface area (Å²) in [6.45, 7) is 2.43. The normalized spacial score (nSPS) is 28.8. The van der Waals surface area contributed by atoms with E-state index in [-0.39, 0.29) is 6.04 Å². The van der Waals surface area contributed by atoms with E-state index in [4.69, 9.17) is 21.4 Å². The van der Waals surface area contributed by atoms with Gasteiger partial charge in [-0.25, -0.2) is 0 Å². The predicted octanol–water partition coefficient (Wildman–Crippen LogP) is 1.58. The summed E-state index contributed by atoms with van der Waals surface area (Å²) in [6.07, 6.45) is -3.47. The Labute approximate surface area is 203 Å².